The van der Waals surface area contributed by atoms with Crippen molar-refractivity contribution in [2.75, 3.05) is 19.0 Å². The number of ether oxygens (including phenoxy) is 1. The molecule has 2 aliphatic rings. The molecule has 4 amide bonds. The van der Waals surface area contributed by atoms with Crippen LogP contribution in [0.3, 0.4) is 0 Å². The Kier molecular flexibility index (Phi) is 4.92. The molecular formula is C21H20ClN3O4. The number of carbonyl (C=O) groups is 3. The Labute approximate surface area is 173 Å². The summed E-state index contributed by atoms with van der Waals surface area (Å²) < 4.78 is 5.08. The van der Waals surface area contributed by atoms with Gasteiger partial charge in [-0.2, -0.15) is 0 Å². The SMILES string of the molecule is COc1ccc(NC(=O)CN2C(=O)NC3(CCCc4ccccc43)C2=O)cc1Cl. The lowest BCUT2D eigenvalue weighted by Crippen LogP contribution is -2.47. The summed E-state index contributed by atoms with van der Waals surface area (Å²) >= 11 is 6.07. The Balaban J connectivity index is 1.52. The largest absolute Gasteiger partial charge is 0.495 e. The van der Waals surface area contributed by atoms with Crippen LogP contribution in [0, 0.1) is 0 Å². The highest BCUT2D eigenvalue weighted by atomic mass is 35.5. The summed E-state index contributed by atoms with van der Waals surface area (Å²) in [4.78, 5) is 39.2. The molecule has 0 aromatic heterocycles. The fourth-order valence-electron chi connectivity index (χ4n) is 4.04. The van der Waals surface area contributed by atoms with Crippen LogP contribution >= 0.6 is 11.6 Å². The van der Waals surface area contributed by atoms with Gasteiger partial charge in [0, 0.05) is 5.69 Å². The van der Waals surface area contributed by atoms with E-state index < -0.39 is 23.4 Å². The van der Waals surface area contributed by atoms with E-state index in [1.807, 2.05) is 24.3 Å². The van der Waals surface area contributed by atoms with E-state index in [4.69, 9.17) is 16.3 Å². The Morgan fingerprint density at radius 3 is 2.83 bits per heavy atom. The first-order valence-corrected chi connectivity index (χ1v) is 9.68. The number of carbonyl (C=O) groups excluding carboxylic acids is 3. The van der Waals surface area contributed by atoms with Gasteiger partial charge in [0.2, 0.25) is 5.91 Å². The first-order valence-electron chi connectivity index (χ1n) is 9.30. The molecule has 1 fully saturated rings. The first-order chi connectivity index (χ1) is 13.9. The van der Waals surface area contributed by atoms with Crippen molar-refractivity contribution in [3.8, 4) is 5.75 Å². The highest BCUT2D eigenvalue weighted by Crippen LogP contribution is 2.39. The maximum Gasteiger partial charge on any atom is 0.325 e. The molecule has 4 rings (SSSR count). The van der Waals surface area contributed by atoms with Crippen LogP contribution in [-0.2, 0) is 21.5 Å². The second kappa shape index (κ2) is 7.40. The van der Waals surface area contributed by atoms with Gasteiger partial charge in [0.25, 0.3) is 5.91 Å². The molecule has 1 spiro atoms. The zero-order valence-electron chi connectivity index (χ0n) is 15.8. The molecule has 2 N–H and O–H groups in total. The number of amides is 4. The Morgan fingerprint density at radius 1 is 1.28 bits per heavy atom. The van der Waals surface area contributed by atoms with Crippen molar-refractivity contribution in [1.29, 1.82) is 0 Å². The molecule has 1 aliphatic carbocycles. The standard InChI is InChI=1S/C21H20ClN3O4/c1-29-17-9-8-14(11-16(17)22)23-18(26)12-25-19(27)21(24-20(25)28)10-4-6-13-5-2-3-7-15(13)21/h2-3,5,7-9,11H,4,6,10,12H2,1H3,(H,23,26)(H,24,28). The zero-order valence-corrected chi connectivity index (χ0v) is 16.6. The summed E-state index contributed by atoms with van der Waals surface area (Å²) in [6.45, 7) is -0.377. The monoisotopic (exact) mass is 413 g/mol. The summed E-state index contributed by atoms with van der Waals surface area (Å²) in [6, 6.07) is 11.9. The number of rotatable bonds is 4. The van der Waals surface area contributed by atoms with Gasteiger partial charge in [0.05, 0.1) is 12.1 Å². The summed E-state index contributed by atoms with van der Waals surface area (Å²) in [7, 11) is 1.50. The van der Waals surface area contributed by atoms with E-state index in [2.05, 4.69) is 10.6 Å². The fourth-order valence-corrected chi connectivity index (χ4v) is 4.30. The van der Waals surface area contributed by atoms with E-state index in [9.17, 15) is 14.4 Å². The second-order valence-electron chi connectivity index (χ2n) is 7.13. The lowest BCUT2D eigenvalue weighted by molar-refractivity contribution is -0.134. The number of anilines is 1. The van der Waals surface area contributed by atoms with Crippen LogP contribution < -0.4 is 15.4 Å². The van der Waals surface area contributed by atoms with Gasteiger partial charge in [-0.1, -0.05) is 35.9 Å². The molecule has 1 heterocycles. The van der Waals surface area contributed by atoms with Gasteiger partial charge >= 0.3 is 6.03 Å². The van der Waals surface area contributed by atoms with Gasteiger partial charge in [0.1, 0.15) is 17.8 Å². The smallest absolute Gasteiger partial charge is 0.325 e. The third kappa shape index (κ3) is 3.31. The molecule has 2 aromatic rings. The van der Waals surface area contributed by atoms with Crippen molar-refractivity contribution in [1.82, 2.24) is 10.2 Å². The van der Waals surface area contributed by atoms with E-state index in [1.165, 1.54) is 7.11 Å². The number of urea groups is 1. The van der Waals surface area contributed by atoms with Gasteiger partial charge < -0.3 is 15.4 Å². The Morgan fingerprint density at radius 2 is 2.07 bits per heavy atom. The highest BCUT2D eigenvalue weighted by molar-refractivity contribution is 6.32. The van der Waals surface area contributed by atoms with Crippen molar-refractivity contribution in [3.63, 3.8) is 0 Å². The molecule has 7 nitrogen and oxygen atoms in total. The summed E-state index contributed by atoms with van der Waals surface area (Å²) in [6.07, 6.45) is 2.16. The normalized spacial score (nSPS) is 20.4. The van der Waals surface area contributed by atoms with Crippen LogP contribution in [0.4, 0.5) is 10.5 Å². The Hall–Kier alpha value is -3.06. The number of nitrogens with one attached hydrogen (secondary N) is 2. The molecule has 29 heavy (non-hydrogen) atoms. The van der Waals surface area contributed by atoms with Crippen molar-refractivity contribution in [2.24, 2.45) is 0 Å². The number of fused-ring (bicyclic) bond motifs is 2. The molecule has 0 saturated carbocycles. The van der Waals surface area contributed by atoms with Crippen molar-refractivity contribution < 1.29 is 19.1 Å². The van der Waals surface area contributed by atoms with Gasteiger partial charge in [-0.05, 0) is 48.6 Å². The first kappa shape index (κ1) is 19.3. The molecular weight excluding hydrogens is 394 g/mol. The van der Waals surface area contributed by atoms with E-state index in [0.29, 0.717) is 22.9 Å². The number of aryl methyl sites for hydroxylation is 1. The number of benzene rings is 2. The summed E-state index contributed by atoms with van der Waals surface area (Å²) in [5.41, 5.74) is 1.22. The minimum atomic E-state index is -1.09. The molecule has 0 radical (unpaired) electrons. The van der Waals surface area contributed by atoms with Crippen LogP contribution in [0.2, 0.25) is 5.02 Å². The number of hydrogen-bond acceptors (Lipinski definition) is 4. The summed E-state index contributed by atoms with van der Waals surface area (Å²) in [5, 5.41) is 5.84. The molecule has 8 heteroatoms. The number of hydrogen-bond donors (Lipinski definition) is 2. The number of nitrogens with zero attached hydrogens (tertiary/aromatic N) is 1. The molecule has 150 valence electrons. The minimum absolute atomic E-state index is 0.345. The van der Waals surface area contributed by atoms with Crippen molar-refractivity contribution >= 4 is 35.1 Å². The van der Waals surface area contributed by atoms with E-state index in [0.717, 1.165) is 28.9 Å². The zero-order chi connectivity index (χ0) is 20.6. The molecule has 2 aromatic carbocycles. The van der Waals surface area contributed by atoms with E-state index >= 15 is 0 Å². The number of halogens is 1. The fraction of sp³-hybridized carbons (Fsp3) is 0.286. The van der Waals surface area contributed by atoms with Crippen LogP contribution in [0.5, 0.6) is 5.75 Å². The van der Waals surface area contributed by atoms with Gasteiger partial charge in [-0.15, -0.1) is 0 Å². The summed E-state index contributed by atoms with van der Waals surface area (Å²) in [5.74, 6) is -0.398. The topological polar surface area (TPSA) is 87.7 Å². The molecule has 1 unspecified atom stereocenters. The number of imide groups is 1. The predicted molar refractivity (Wildman–Crippen MR) is 108 cm³/mol. The van der Waals surface area contributed by atoms with Gasteiger partial charge in [-0.25, -0.2) is 4.79 Å². The highest BCUT2D eigenvalue weighted by Gasteiger charge is 2.54. The number of methoxy groups -OCH3 is 1. The van der Waals surface area contributed by atoms with Gasteiger partial charge in [0.15, 0.2) is 0 Å². The predicted octanol–water partition coefficient (Wildman–Crippen LogP) is 3.07. The maximum atomic E-state index is 13.2. The van der Waals surface area contributed by atoms with Crippen molar-refractivity contribution in [2.45, 2.75) is 24.8 Å². The molecule has 1 aliphatic heterocycles. The Bertz CT molecular complexity index is 1010. The maximum absolute atomic E-state index is 13.2. The van der Waals surface area contributed by atoms with Crippen LogP contribution in [0.15, 0.2) is 42.5 Å². The third-order valence-corrected chi connectivity index (χ3v) is 5.68. The second-order valence-corrected chi connectivity index (χ2v) is 7.54. The van der Waals surface area contributed by atoms with Crippen LogP contribution in [0.1, 0.15) is 24.0 Å². The molecule has 0 bridgehead atoms. The lowest BCUT2D eigenvalue weighted by Gasteiger charge is -2.33. The van der Waals surface area contributed by atoms with Gasteiger partial charge in [-0.3, -0.25) is 14.5 Å². The molecule has 1 atom stereocenters. The molecule has 1 saturated heterocycles. The van der Waals surface area contributed by atoms with Crippen molar-refractivity contribution in [3.05, 3.63) is 58.6 Å². The van der Waals surface area contributed by atoms with Crippen LogP contribution in [-0.4, -0.2) is 36.4 Å². The average molecular weight is 414 g/mol. The quantitative estimate of drug-likeness (QED) is 0.754. The van der Waals surface area contributed by atoms with E-state index in [-0.39, 0.29) is 6.54 Å². The van der Waals surface area contributed by atoms with Crippen LogP contribution in [0.25, 0.3) is 0 Å². The lowest BCUT2D eigenvalue weighted by atomic mass is 9.76. The third-order valence-electron chi connectivity index (χ3n) is 5.39. The van der Waals surface area contributed by atoms with E-state index in [1.54, 1.807) is 18.2 Å². The average Bonchev–Trinajstić information content (AvgIpc) is 2.93. The minimum Gasteiger partial charge on any atom is -0.495 e.